The summed E-state index contributed by atoms with van der Waals surface area (Å²) in [7, 11) is 0. The molecule has 1 aromatic heterocycles. The lowest BCUT2D eigenvalue weighted by atomic mass is 10.2. The molecule has 0 unspecified atom stereocenters. The van der Waals surface area contributed by atoms with Gasteiger partial charge in [-0.3, -0.25) is 0 Å². The fourth-order valence-corrected chi connectivity index (χ4v) is 2.15. The van der Waals surface area contributed by atoms with E-state index in [0.29, 0.717) is 11.2 Å². The minimum Gasteiger partial charge on any atom is -0.302 e. The molecule has 1 heterocycles. The standard InChI is InChI=1S/C10H18ClN3S/c1-8(2)9-12-13-10(11)14(9)6-4-5-7-15-3/h8H,4-7H2,1-3H3. The molecule has 0 atom stereocenters. The Labute approximate surface area is 101 Å². The lowest BCUT2D eigenvalue weighted by Crippen LogP contribution is -2.06. The maximum atomic E-state index is 5.99. The maximum absolute atomic E-state index is 5.99. The molecule has 0 bridgehead atoms. The van der Waals surface area contributed by atoms with Crippen LogP contribution in [0.15, 0.2) is 0 Å². The molecular weight excluding hydrogens is 230 g/mol. The first-order valence-electron chi connectivity index (χ1n) is 5.24. The molecular formula is C10H18ClN3S. The molecule has 0 aliphatic rings. The molecule has 15 heavy (non-hydrogen) atoms. The molecule has 0 aromatic carbocycles. The average Bonchev–Trinajstić information content (AvgIpc) is 2.55. The molecule has 0 saturated carbocycles. The highest BCUT2D eigenvalue weighted by Crippen LogP contribution is 2.17. The van der Waals surface area contributed by atoms with Crippen molar-refractivity contribution in [3.63, 3.8) is 0 Å². The highest BCUT2D eigenvalue weighted by molar-refractivity contribution is 7.98. The van der Waals surface area contributed by atoms with Crippen LogP contribution in [0.5, 0.6) is 0 Å². The van der Waals surface area contributed by atoms with Crippen LogP contribution in [0.25, 0.3) is 0 Å². The summed E-state index contributed by atoms with van der Waals surface area (Å²) in [6, 6.07) is 0. The van der Waals surface area contributed by atoms with E-state index in [9.17, 15) is 0 Å². The van der Waals surface area contributed by atoms with Crippen molar-refractivity contribution in [1.29, 1.82) is 0 Å². The van der Waals surface area contributed by atoms with Crippen LogP contribution < -0.4 is 0 Å². The van der Waals surface area contributed by atoms with Crippen LogP contribution in [0.4, 0.5) is 0 Å². The first kappa shape index (κ1) is 12.8. The zero-order valence-corrected chi connectivity index (χ0v) is 11.1. The third-order valence-corrected chi connectivity index (χ3v) is 3.21. The summed E-state index contributed by atoms with van der Waals surface area (Å²) in [5, 5.41) is 8.52. The van der Waals surface area contributed by atoms with Gasteiger partial charge in [-0.15, -0.1) is 10.2 Å². The van der Waals surface area contributed by atoms with E-state index in [-0.39, 0.29) is 0 Å². The van der Waals surface area contributed by atoms with Crippen LogP contribution in [0.3, 0.4) is 0 Å². The monoisotopic (exact) mass is 247 g/mol. The number of halogens is 1. The number of hydrogen-bond acceptors (Lipinski definition) is 3. The van der Waals surface area contributed by atoms with Crippen LogP contribution >= 0.6 is 23.4 Å². The first-order valence-corrected chi connectivity index (χ1v) is 7.01. The van der Waals surface area contributed by atoms with Gasteiger partial charge < -0.3 is 4.57 Å². The van der Waals surface area contributed by atoms with E-state index in [1.54, 1.807) is 0 Å². The topological polar surface area (TPSA) is 30.7 Å². The largest absolute Gasteiger partial charge is 0.302 e. The number of unbranched alkanes of at least 4 members (excludes halogenated alkanes) is 1. The van der Waals surface area contributed by atoms with Crippen LogP contribution in [0, 0.1) is 0 Å². The molecule has 5 heteroatoms. The summed E-state index contributed by atoms with van der Waals surface area (Å²) in [5.41, 5.74) is 0. The van der Waals surface area contributed by atoms with Gasteiger partial charge in [-0.25, -0.2) is 0 Å². The zero-order valence-electron chi connectivity index (χ0n) is 9.53. The Hall–Kier alpha value is -0.220. The summed E-state index contributed by atoms with van der Waals surface area (Å²) in [5.74, 6) is 2.58. The van der Waals surface area contributed by atoms with E-state index in [1.165, 1.54) is 12.2 Å². The van der Waals surface area contributed by atoms with Gasteiger partial charge in [0.1, 0.15) is 5.82 Å². The molecule has 0 aliphatic heterocycles. The third kappa shape index (κ3) is 3.68. The molecule has 0 fully saturated rings. The number of rotatable bonds is 6. The normalized spacial score (nSPS) is 11.3. The van der Waals surface area contributed by atoms with Gasteiger partial charge >= 0.3 is 0 Å². The Bertz CT molecular complexity index is 299. The Balaban J connectivity index is 2.54. The van der Waals surface area contributed by atoms with E-state index < -0.39 is 0 Å². The van der Waals surface area contributed by atoms with Gasteiger partial charge in [0.15, 0.2) is 0 Å². The summed E-state index contributed by atoms with van der Waals surface area (Å²) >= 11 is 7.87. The summed E-state index contributed by atoms with van der Waals surface area (Å²) in [6.07, 6.45) is 4.48. The van der Waals surface area contributed by atoms with Gasteiger partial charge in [-0.05, 0) is 36.5 Å². The highest BCUT2D eigenvalue weighted by Gasteiger charge is 2.12. The predicted molar refractivity (Wildman–Crippen MR) is 66.7 cm³/mol. The molecule has 0 aliphatic carbocycles. The van der Waals surface area contributed by atoms with Crippen molar-refractivity contribution < 1.29 is 0 Å². The second kappa shape index (κ2) is 6.38. The number of hydrogen-bond donors (Lipinski definition) is 0. The van der Waals surface area contributed by atoms with Crippen LogP contribution in [-0.2, 0) is 6.54 Å². The van der Waals surface area contributed by atoms with Gasteiger partial charge in [0.2, 0.25) is 5.28 Å². The van der Waals surface area contributed by atoms with Gasteiger partial charge in [0.05, 0.1) is 0 Å². The van der Waals surface area contributed by atoms with Crippen LogP contribution in [0.2, 0.25) is 5.28 Å². The van der Waals surface area contributed by atoms with Gasteiger partial charge in [0.25, 0.3) is 0 Å². The fourth-order valence-electron chi connectivity index (χ4n) is 1.45. The molecule has 1 aromatic rings. The van der Waals surface area contributed by atoms with Gasteiger partial charge in [-0.1, -0.05) is 13.8 Å². The molecule has 1 rings (SSSR count). The van der Waals surface area contributed by atoms with Crippen molar-refractivity contribution in [3.05, 3.63) is 11.1 Å². The maximum Gasteiger partial charge on any atom is 0.225 e. The number of nitrogens with zero attached hydrogens (tertiary/aromatic N) is 3. The highest BCUT2D eigenvalue weighted by atomic mass is 35.5. The van der Waals surface area contributed by atoms with Crippen molar-refractivity contribution in [3.8, 4) is 0 Å². The van der Waals surface area contributed by atoms with Gasteiger partial charge in [-0.2, -0.15) is 11.8 Å². The third-order valence-electron chi connectivity index (χ3n) is 2.23. The van der Waals surface area contributed by atoms with E-state index in [4.69, 9.17) is 11.6 Å². The van der Waals surface area contributed by atoms with E-state index in [1.807, 2.05) is 16.3 Å². The lowest BCUT2D eigenvalue weighted by molar-refractivity contribution is 0.585. The van der Waals surface area contributed by atoms with Crippen molar-refractivity contribution in [2.45, 2.75) is 39.2 Å². The molecule has 86 valence electrons. The fraction of sp³-hybridized carbons (Fsp3) is 0.800. The molecule has 0 N–H and O–H groups in total. The lowest BCUT2D eigenvalue weighted by Gasteiger charge is -2.09. The summed E-state index contributed by atoms with van der Waals surface area (Å²) in [4.78, 5) is 0. The predicted octanol–water partition coefficient (Wildman–Crippen LogP) is 3.20. The molecule has 0 spiro atoms. The van der Waals surface area contributed by atoms with E-state index >= 15 is 0 Å². The summed E-state index contributed by atoms with van der Waals surface area (Å²) < 4.78 is 2.02. The number of thioether (sulfide) groups is 1. The van der Waals surface area contributed by atoms with Crippen molar-refractivity contribution >= 4 is 23.4 Å². The zero-order chi connectivity index (χ0) is 11.3. The number of aromatic nitrogens is 3. The Morgan fingerprint density at radius 2 is 2.07 bits per heavy atom. The first-order chi connectivity index (χ1) is 7.16. The van der Waals surface area contributed by atoms with E-state index in [0.717, 1.165) is 18.8 Å². The summed E-state index contributed by atoms with van der Waals surface area (Å²) in [6.45, 7) is 5.15. The molecule has 0 saturated heterocycles. The Morgan fingerprint density at radius 3 is 2.67 bits per heavy atom. The molecule has 3 nitrogen and oxygen atoms in total. The second-order valence-electron chi connectivity index (χ2n) is 3.83. The van der Waals surface area contributed by atoms with Crippen molar-refractivity contribution in [2.75, 3.05) is 12.0 Å². The van der Waals surface area contributed by atoms with Crippen molar-refractivity contribution in [1.82, 2.24) is 14.8 Å². The van der Waals surface area contributed by atoms with Crippen LogP contribution in [-0.4, -0.2) is 26.8 Å². The minimum atomic E-state index is 0.380. The van der Waals surface area contributed by atoms with Crippen molar-refractivity contribution in [2.24, 2.45) is 0 Å². The molecule has 0 amide bonds. The van der Waals surface area contributed by atoms with Gasteiger partial charge in [0, 0.05) is 12.5 Å². The Morgan fingerprint density at radius 1 is 1.33 bits per heavy atom. The minimum absolute atomic E-state index is 0.380. The Kier molecular flexibility index (Phi) is 5.47. The van der Waals surface area contributed by atoms with Crippen LogP contribution in [0.1, 0.15) is 38.4 Å². The second-order valence-corrected chi connectivity index (χ2v) is 5.16. The average molecular weight is 248 g/mol. The SMILES string of the molecule is CSCCCCn1c(Cl)nnc1C(C)C. The molecule has 0 radical (unpaired) electrons. The quantitative estimate of drug-likeness (QED) is 0.724. The smallest absolute Gasteiger partial charge is 0.225 e. The van der Waals surface area contributed by atoms with E-state index in [2.05, 4.69) is 30.3 Å².